The number of fused-ring (bicyclic) bond motifs is 1. The number of hydrogen-bond acceptors (Lipinski definition) is 4. The van der Waals surface area contributed by atoms with Gasteiger partial charge in [0, 0.05) is 11.7 Å². The van der Waals surface area contributed by atoms with E-state index < -0.39 is 0 Å². The molecule has 2 aliphatic rings. The van der Waals surface area contributed by atoms with Gasteiger partial charge in [-0.2, -0.15) is 0 Å². The normalized spacial score (nSPS) is 19.3. The number of nitrogens with zero attached hydrogens (tertiary/aromatic N) is 1. The maximum Gasteiger partial charge on any atom is 0.238 e. The standard InChI is InChI=1S/C21H24N2O3/c1-15-4-2-5-17(12-15)22-21(24)14-23-9-3-6-18(23)16-7-8-19-20(13-16)26-11-10-25-19/h2,4-5,7-8,12-13,18H,3,6,9-11,14H2,1H3,(H,22,24)/t18-/m1/s1. The number of rotatable bonds is 4. The first-order valence-corrected chi connectivity index (χ1v) is 9.19. The minimum Gasteiger partial charge on any atom is -0.486 e. The summed E-state index contributed by atoms with van der Waals surface area (Å²) in [5.74, 6) is 1.64. The van der Waals surface area contributed by atoms with E-state index in [1.807, 2.05) is 37.3 Å². The maximum atomic E-state index is 12.5. The molecule has 2 heterocycles. The van der Waals surface area contributed by atoms with Crippen LogP contribution in [0.5, 0.6) is 11.5 Å². The third kappa shape index (κ3) is 3.68. The monoisotopic (exact) mass is 352 g/mol. The Morgan fingerprint density at radius 3 is 2.85 bits per heavy atom. The van der Waals surface area contributed by atoms with Crippen LogP contribution in [0.1, 0.15) is 30.0 Å². The van der Waals surface area contributed by atoms with Crippen LogP contribution in [0.3, 0.4) is 0 Å². The molecule has 2 aromatic carbocycles. The molecule has 0 aliphatic carbocycles. The summed E-state index contributed by atoms with van der Waals surface area (Å²) in [6, 6.07) is 14.3. The van der Waals surface area contributed by atoms with Gasteiger partial charge in [0.15, 0.2) is 11.5 Å². The number of carbonyl (C=O) groups excluding carboxylic acids is 1. The molecular weight excluding hydrogens is 328 g/mol. The van der Waals surface area contributed by atoms with Crippen molar-refractivity contribution in [1.29, 1.82) is 0 Å². The summed E-state index contributed by atoms with van der Waals surface area (Å²) in [6.07, 6.45) is 2.15. The Morgan fingerprint density at radius 1 is 1.15 bits per heavy atom. The lowest BCUT2D eigenvalue weighted by molar-refractivity contribution is -0.117. The summed E-state index contributed by atoms with van der Waals surface area (Å²) in [5, 5.41) is 3.01. The first-order valence-electron chi connectivity index (χ1n) is 9.19. The van der Waals surface area contributed by atoms with Gasteiger partial charge in [0.2, 0.25) is 5.91 Å². The van der Waals surface area contributed by atoms with Crippen LogP contribution in [0.4, 0.5) is 5.69 Å². The fraction of sp³-hybridized carbons (Fsp3) is 0.381. The highest BCUT2D eigenvalue weighted by Crippen LogP contribution is 2.37. The van der Waals surface area contributed by atoms with Crippen molar-refractivity contribution < 1.29 is 14.3 Å². The zero-order valence-corrected chi connectivity index (χ0v) is 15.0. The molecule has 4 rings (SSSR count). The van der Waals surface area contributed by atoms with E-state index in [0.29, 0.717) is 19.8 Å². The van der Waals surface area contributed by atoms with Crippen LogP contribution < -0.4 is 14.8 Å². The highest BCUT2D eigenvalue weighted by molar-refractivity contribution is 5.92. The van der Waals surface area contributed by atoms with E-state index in [4.69, 9.17) is 9.47 Å². The van der Waals surface area contributed by atoms with Crippen LogP contribution in [-0.2, 0) is 4.79 Å². The van der Waals surface area contributed by atoms with Crippen LogP contribution >= 0.6 is 0 Å². The maximum absolute atomic E-state index is 12.5. The van der Waals surface area contributed by atoms with Crippen molar-refractivity contribution in [1.82, 2.24) is 4.90 Å². The molecule has 1 fully saturated rings. The average Bonchev–Trinajstić information content (AvgIpc) is 3.09. The lowest BCUT2D eigenvalue weighted by Crippen LogP contribution is -2.33. The zero-order chi connectivity index (χ0) is 17.9. The molecule has 5 nitrogen and oxygen atoms in total. The minimum atomic E-state index is 0.0278. The van der Waals surface area contributed by atoms with E-state index in [-0.39, 0.29) is 11.9 Å². The molecule has 1 atom stereocenters. The molecule has 0 radical (unpaired) electrons. The molecule has 0 aromatic heterocycles. The smallest absolute Gasteiger partial charge is 0.238 e. The Bertz CT molecular complexity index is 806. The zero-order valence-electron chi connectivity index (χ0n) is 15.0. The third-order valence-electron chi connectivity index (χ3n) is 4.96. The fourth-order valence-corrected chi connectivity index (χ4v) is 3.77. The summed E-state index contributed by atoms with van der Waals surface area (Å²) in [6.45, 7) is 4.53. The first-order chi connectivity index (χ1) is 12.7. The SMILES string of the molecule is Cc1cccc(NC(=O)CN2CCC[C@@H]2c2ccc3c(c2)OCCO3)c1. The van der Waals surface area contributed by atoms with Crippen molar-refractivity contribution in [2.75, 3.05) is 31.6 Å². The van der Waals surface area contributed by atoms with Gasteiger partial charge in [0.05, 0.1) is 6.54 Å². The van der Waals surface area contributed by atoms with Crippen LogP contribution in [0.25, 0.3) is 0 Å². The second-order valence-electron chi connectivity index (χ2n) is 6.95. The molecule has 2 aliphatic heterocycles. The number of carbonyl (C=O) groups is 1. The van der Waals surface area contributed by atoms with Gasteiger partial charge in [0.1, 0.15) is 13.2 Å². The van der Waals surface area contributed by atoms with Crippen LogP contribution in [0, 0.1) is 6.92 Å². The first kappa shape index (κ1) is 16.9. The molecule has 0 saturated carbocycles. The van der Waals surface area contributed by atoms with Crippen LogP contribution in [0.2, 0.25) is 0 Å². The lowest BCUT2D eigenvalue weighted by atomic mass is 10.0. The summed E-state index contributed by atoms with van der Waals surface area (Å²) in [7, 11) is 0. The average molecular weight is 352 g/mol. The van der Waals surface area contributed by atoms with E-state index >= 15 is 0 Å². The second kappa shape index (κ2) is 7.38. The molecule has 0 bridgehead atoms. The lowest BCUT2D eigenvalue weighted by Gasteiger charge is -2.26. The van der Waals surface area contributed by atoms with E-state index in [9.17, 15) is 4.79 Å². The summed E-state index contributed by atoms with van der Waals surface area (Å²) in [5.41, 5.74) is 3.18. The molecular formula is C21H24N2O3. The summed E-state index contributed by atoms with van der Waals surface area (Å²) < 4.78 is 11.3. The Balaban J connectivity index is 1.44. The van der Waals surface area contributed by atoms with Crippen molar-refractivity contribution >= 4 is 11.6 Å². The van der Waals surface area contributed by atoms with E-state index in [0.717, 1.165) is 42.1 Å². The Kier molecular flexibility index (Phi) is 4.80. The number of amides is 1. The molecule has 26 heavy (non-hydrogen) atoms. The van der Waals surface area contributed by atoms with Crippen molar-refractivity contribution in [2.24, 2.45) is 0 Å². The number of ether oxygens (including phenoxy) is 2. The van der Waals surface area contributed by atoms with Gasteiger partial charge in [-0.1, -0.05) is 18.2 Å². The Hall–Kier alpha value is -2.53. The van der Waals surface area contributed by atoms with Crippen molar-refractivity contribution in [3.05, 3.63) is 53.6 Å². The van der Waals surface area contributed by atoms with Crippen LogP contribution in [-0.4, -0.2) is 37.1 Å². The molecule has 5 heteroatoms. The van der Waals surface area contributed by atoms with Gasteiger partial charge in [-0.25, -0.2) is 0 Å². The van der Waals surface area contributed by atoms with Crippen molar-refractivity contribution in [3.63, 3.8) is 0 Å². The predicted octanol–water partition coefficient (Wildman–Crippen LogP) is 3.54. The number of nitrogens with one attached hydrogen (secondary N) is 1. The molecule has 136 valence electrons. The van der Waals surface area contributed by atoms with Gasteiger partial charge in [-0.05, 0) is 61.7 Å². The van der Waals surface area contributed by atoms with E-state index in [1.165, 1.54) is 5.56 Å². The highest BCUT2D eigenvalue weighted by Gasteiger charge is 2.28. The van der Waals surface area contributed by atoms with E-state index in [2.05, 4.69) is 22.3 Å². The summed E-state index contributed by atoms with van der Waals surface area (Å²) >= 11 is 0. The minimum absolute atomic E-state index is 0.0278. The summed E-state index contributed by atoms with van der Waals surface area (Å²) in [4.78, 5) is 14.7. The Morgan fingerprint density at radius 2 is 2.00 bits per heavy atom. The third-order valence-corrected chi connectivity index (χ3v) is 4.96. The van der Waals surface area contributed by atoms with Crippen molar-refractivity contribution in [3.8, 4) is 11.5 Å². The van der Waals surface area contributed by atoms with Crippen molar-refractivity contribution in [2.45, 2.75) is 25.8 Å². The molecule has 2 aromatic rings. The van der Waals surface area contributed by atoms with E-state index in [1.54, 1.807) is 0 Å². The molecule has 0 spiro atoms. The van der Waals surface area contributed by atoms with Crippen LogP contribution in [0.15, 0.2) is 42.5 Å². The topological polar surface area (TPSA) is 50.8 Å². The quantitative estimate of drug-likeness (QED) is 0.914. The van der Waals surface area contributed by atoms with Gasteiger partial charge in [-0.3, -0.25) is 9.69 Å². The number of benzene rings is 2. The van der Waals surface area contributed by atoms with Gasteiger partial charge in [-0.15, -0.1) is 0 Å². The predicted molar refractivity (Wildman–Crippen MR) is 101 cm³/mol. The number of anilines is 1. The fourth-order valence-electron chi connectivity index (χ4n) is 3.77. The highest BCUT2D eigenvalue weighted by atomic mass is 16.6. The van der Waals surface area contributed by atoms with Gasteiger partial charge < -0.3 is 14.8 Å². The van der Waals surface area contributed by atoms with Gasteiger partial charge in [0.25, 0.3) is 0 Å². The largest absolute Gasteiger partial charge is 0.486 e. The molecule has 1 amide bonds. The number of hydrogen-bond donors (Lipinski definition) is 1. The Labute approximate surface area is 153 Å². The number of likely N-dealkylation sites (tertiary alicyclic amines) is 1. The van der Waals surface area contributed by atoms with Gasteiger partial charge >= 0.3 is 0 Å². The molecule has 1 N–H and O–H groups in total. The molecule has 0 unspecified atom stereocenters. The second-order valence-corrected chi connectivity index (χ2v) is 6.95. The number of aryl methyl sites for hydroxylation is 1. The molecule has 1 saturated heterocycles.